The fraction of sp³-hybridized carbons (Fsp3) is 0.409. The first-order valence-electron chi connectivity index (χ1n) is 9.85. The molecular weight excluding hydrogens is 354 g/mol. The van der Waals surface area contributed by atoms with Gasteiger partial charge in [0.2, 0.25) is 0 Å². The quantitative estimate of drug-likeness (QED) is 0.416. The Hall–Kier alpha value is -2.73. The zero-order valence-corrected chi connectivity index (χ0v) is 16.7. The van der Waals surface area contributed by atoms with Crippen molar-refractivity contribution >= 4 is 17.0 Å². The largest absolute Gasteiger partial charge is 0.497 e. The SMILES string of the molecule is CCCCCn1c(N)[n+](C[C@H](O)COc2ccc(OC)cc2)c2ccccc21. The number of aliphatic hydroxyl groups excluding tert-OH is 1. The number of hydrogen-bond acceptors (Lipinski definition) is 4. The number of ether oxygens (including phenoxy) is 2. The van der Waals surface area contributed by atoms with Crippen LogP contribution in [-0.4, -0.2) is 29.5 Å². The first-order chi connectivity index (χ1) is 13.6. The van der Waals surface area contributed by atoms with Crippen molar-refractivity contribution in [2.45, 2.75) is 45.4 Å². The highest BCUT2D eigenvalue weighted by atomic mass is 16.5. The van der Waals surface area contributed by atoms with Gasteiger partial charge in [0.15, 0.2) is 0 Å². The van der Waals surface area contributed by atoms with Crippen molar-refractivity contribution in [1.29, 1.82) is 0 Å². The van der Waals surface area contributed by atoms with Crippen molar-refractivity contribution in [3.8, 4) is 11.5 Å². The number of rotatable bonds is 10. The molecule has 0 aliphatic heterocycles. The van der Waals surface area contributed by atoms with Crippen LogP contribution in [0.15, 0.2) is 48.5 Å². The number of methoxy groups -OCH3 is 1. The molecule has 6 nitrogen and oxygen atoms in total. The van der Waals surface area contributed by atoms with Gasteiger partial charge in [-0.2, -0.15) is 0 Å². The summed E-state index contributed by atoms with van der Waals surface area (Å²) >= 11 is 0. The van der Waals surface area contributed by atoms with Crippen LogP contribution >= 0.6 is 0 Å². The molecule has 0 unspecified atom stereocenters. The van der Waals surface area contributed by atoms with Crippen LogP contribution in [0.4, 0.5) is 5.95 Å². The second-order valence-electron chi connectivity index (χ2n) is 6.96. The van der Waals surface area contributed by atoms with Crippen LogP contribution in [0.5, 0.6) is 11.5 Å². The molecule has 1 atom stereocenters. The lowest BCUT2D eigenvalue weighted by molar-refractivity contribution is -0.665. The molecule has 2 aromatic carbocycles. The van der Waals surface area contributed by atoms with Crippen LogP contribution in [0.3, 0.4) is 0 Å². The number of unbranched alkanes of at least 4 members (excludes halogenated alkanes) is 2. The summed E-state index contributed by atoms with van der Waals surface area (Å²) in [5.41, 5.74) is 8.57. The van der Waals surface area contributed by atoms with E-state index in [4.69, 9.17) is 15.2 Å². The molecule has 0 fully saturated rings. The summed E-state index contributed by atoms with van der Waals surface area (Å²) in [6.07, 6.45) is 2.75. The fourth-order valence-electron chi connectivity index (χ4n) is 3.39. The zero-order valence-electron chi connectivity index (χ0n) is 16.7. The normalized spacial score (nSPS) is 12.2. The van der Waals surface area contributed by atoms with Crippen LogP contribution in [0, 0.1) is 0 Å². The highest BCUT2D eigenvalue weighted by molar-refractivity contribution is 5.73. The number of imidazole rings is 1. The lowest BCUT2D eigenvalue weighted by Gasteiger charge is -2.12. The van der Waals surface area contributed by atoms with Crippen LogP contribution in [-0.2, 0) is 13.1 Å². The third kappa shape index (κ3) is 4.57. The topological polar surface area (TPSA) is 73.5 Å². The minimum absolute atomic E-state index is 0.189. The highest BCUT2D eigenvalue weighted by Crippen LogP contribution is 2.19. The summed E-state index contributed by atoms with van der Waals surface area (Å²) in [7, 11) is 1.62. The lowest BCUT2D eigenvalue weighted by Crippen LogP contribution is -2.43. The molecule has 0 saturated heterocycles. The number of aryl methyl sites for hydroxylation is 1. The van der Waals surface area contributed by atoms with Crippen molar-refractivity contribution in [1.82, 2.24) is 4.57 Å². The fourth-order valence-corrected chi connectivity index (χ4v) is 3.39. The maximum absolute atomic E-state index is 10.5. The third-order valence-corrected chi connectivity index (χ3v) is 4.90. The van der Waals surface area contributed by atoms with E-state index in [0.717, 1.165) is 29.7 Å². The Bertz CT molecular complexity index is 890. The molecule has 28 heavy (non-hydrogen) atoms. The van der Waals surface area contributed by atoms with Gasteiger partial charge in [0.05, 0.1) is 13.7 Å². The van der Waals surface area contributed by atoms with Crippen molar-refractivity contribution in [3.05, 3.63) is 48.5 Å². The number of fused-ring (bicyclic) bond motifs is 1. The van der Waals surface area contributed by atoms with E-state index in [-0.39, 0.29) is 6.61 Å². The summed E-state index contributed by atoms with van der Waals surface area (Å²) in [5, 5.41) is 10.5. The molecule has 3 N–H and O–H groups in total. The molecule has 0 aliphatic rings. The Kier molecular flexibility index (Phi) is 6.76. The van der Waals surface area contributed by atoms with E-state index < -0.39 is 6.10 Å². The van der Waals surface area contributed by atoms with Gasteiger partial charge in [0.1, 0.15) is 41.8 Å². The van der Waals surface area contributed by atoms with Crippen molar-refractivity contribution < 1.29 is 19.1 Å². The van der Waals surface area contributed by atoms with E-state index in [0.29, 0.717) is 18.2 Å². The Balaban J connectivity index is 1.70. The number of aromatic nitrogens is 2. The Morgan fingerprint density at radius 3 is 2.50 bits per heavy atom. The molecule has 0 aliphatic carbocycles. The maximum Gasteiger partial charge on any atom is 0.356 e. The van der Waals surface area contributed by atoms with Gasteiger partial charge in [-0.15, -0.1) is 0 Å². The molecule has 0 saturated carbocycles. The van der Waals surface area contributed by atoms with Crippen LogP contribution in [0.1, 0.15) is 26.2 Å². The number of hydrogen-bond donors (Lipinski definition) is 2. The number of nitrogens with zero attached hydrogens (tertiary/aromatic N) is 2. The molecule has 1 aromatic heterocycles. The monoisotopic (exact) mass is 384 g/mol. The number of aliphatic hydroxyl groups is 1. The zero-order chi connectivity index (χ0) is 19.9. The van der Waals surface area contributed by atoms with Crippen LogP contribution < -0.4 is 19.8 Å². The Labute approximate surface area is 166 Å². The summed E-state index contributed by atoms with van der Waals surface area (Å²) < 4.78 is 15.0. The van der Waals surface area contributed by atoms with E-state index in [9.17, 15) is 5.11 Å². The van der Waals surface area contributed by atoms with E-state index in [2.05, 4.69) is 17.6 Å². The van der Waals surface area contributed by atoms with Crippen LogP contribution in [0.25, 0.3) is 11.0 Å². The first-order valence-corrected chi connectivity index (χ1v) is 9.85. The summed E-state index contributed by atoms with van der Waals surface area (Å²) in [4.78, 5) is 0. The Morgan fingerprint density at radius 1 is 1.07 bits per heavy atom. The smallest absolute Gasteiger partial charge is 0.356 e. The van der Waals surface area contributed by atoms with Crippen molar-refractivity contribution in [2.75, 3.05) is 19.5 Å². The van der Waals surface area contributed by atoms with E-state index in [1.165, 1.54) is 12.8 Å². The highest BCUT2D eigenvalue weighted by Gasteiger charge is 2.22. The number of nitrogen functional groups attached to an aromatic ring is 1. The summed E-state index contributed by atoms with van der Waals surface area (Å²) in [5.74, 6) is 2.13. The van der Waals surface area contributed by atoms with Gasteiger partial charge in [0, 0.05) is 0 Å². The molecular formula is C22H30N3O3+. The predicted molar refractivity (Wildman–Crippen MR) is 111 cm³/mol. The van der Waals surface area contributed by atoms with Gasteiger partial charge in [-0.3, -0.25) is 5.73 Å². The number of nitrogens with two attached hydrogens (primary N) is 1. The second-order valence-corrected chi connectivity index (χ2v) is 6.96. The molecule has 0 radical (unpaired) electrons. The minimum Gasteiger partial charge on any atom is -0.497 e. The first kappa shape index (κ1) is 20.0. The maximum atomic E-state index is 10.5. The van der Waals surface area contributed by atoms with Crippen molar-refractivity contribution in [3.63, 3.8) is 0 Å². The van der Waals surface area contributed by atoms with Gasteiger partial charge < -0.3 is 14.6 Å². The average Bonchev–Trinajstić information content (AvgIpc) is 2.99. The molecule has 0 amide bonds. The summed E-state index contributed by atoms with van der Waals surface area (Å²) in [6.45, 7) is 3.64. The van der Waals surface area contributed by atoms with E-state index in [1.54, 1.807) is 7.11 Å². The van der Waals surface area contributed by atoms with Gasteiger partial charge in [-0.1, -0.05) is 31.9 Å². The van der Waals surface area contributed by atoms with E-state index >= 15 is 0 Å². The molecule has 0 bridgehead atoms. The van der Waals surface area contributed by atoms with Gasteiger partial charge in [0.25, 0.3) is 0 Å². The number of benzene rings is 2. The minimum atomic E-state index is -0.677. The molecule has 150 valence electrons. The summed E-state index contributed by atoms with van der Waals surface area (Å²) in [6, 6.07) is 15.4. The molecule has 6 heteroatoms. The van der Waals surface area contributed by atoms with Gasteiger partial charge in [-0.25, -0.2) is 9.13 Å². The molecule has 0 spiro atoms. The number of anilines is 1. The lowest BCUT2D eigenvalue weighted by atomic mass is 10.2. The van der Waals surface area contributed by atoms with Crippen molar-refractivity contribution in [2.24, 2.45) is 0 Å². The second kappa shape index (κ2) is 9.46. The van der Waals surface area contributed by atoms with E-state index in [1.807, 2.05) is 47.0 Å². The molecule has 3 aromatic rings. The predicted octanol–water partition coefficient (Wildman–Crippen LogP) is 3.15. The number of para-hydroxylation sites is 2. The Morgan fingerprint density at radius 2 is 1.79 bits per heavy atom. The third-order valence-electron chi connectivity index (χ3n) is 4.90. The van der Waals surface area contributed by atoms with Gasteiger partial charge >= 0.3 is 5.95 Å². The standard InChI is InChI=1S/C22H29N3O3/c1-3-4-7-14-24-20-8-5-6-9-21(20)25(22(24)23)15-17(26)16-28-19-12-10-18(27-2)11-13-19/h5-6,8-13,17,23,26H,3-4,7,14-16H2,1-2H3/p+1/t17-/m0/s1. The van der Waals surface area contributed by atoms with Crippen LogP contribution in [0.2, 0.25) is 0 Å². The van der Waals surface area contributed by atoms with Gasteiger partial charge in [-0.05, 0) is 42.8 Å². The molecule has 1 heterocycles. The average molecular weight is 385 g/mol. The molecule has 3 rings (SSSR count).